The van der Waals surface area contributed by atoms with Crippen molar-refractivity contribution >= 4 is 0 Å². The van der Waals surface area contributed by atoms with E-state index in [0.29, 0.717) is 25.1 Å². The third-order valence-corrected chi connectivity index (χ3v) is 2.35. The minimum atomic E-state index is -0.109. The van der Waals surface area contributed by atoms with Crippen LogP contribution in [0.25, 0.3) is 0 Å². The van der Waals surface area contributed by atoms with Crippen LogP contribution in [0.3, 0.4) is 0 Å². The Morgan fingerprint density at radius 2 is 2.53 bits per heavy atom. The molecule has 15 heavy (non-hydrogen) atoms. The normalized spacial score (nSPS) is 27.4. The van der Waals surface area contributed by atoms with E-state index in [9.17, 15) is 0 Å². The van der Waals surface area contributed by atoms with Crippen LogP contribution >= 0.6 is 0 Å². The molecular weight excluding hydrogens is 188 g/mol. The van der Waals surface area contributed by atoms with Crippen molar-refractivity contribution in [2.45, 2.75) is 38.9 Å². The van der Waals surface area contributed by atoms with Gasteiger partial charge in [-0.25, -0.2) is 0 Å². The van der Waals surface area contributed by atoms with E-state index >= 15 is 0 Å². The molecule has 0 aromatic carbocycles. The van der Waals surface area contributed by atoms with Gasteiger partial charge in [-0.2, -0.15) is 0 Å². The molecular formula is C13H22O2. The third-order valence-electron chi connectivity index (χ3n) is 2.35. The maximum absolute atomic E-state index is 7.75. The zero-order valence-electron chi connectivity index (χ0n) is 11.5. The van der Waals surface area contributed by atoms with Crippen molar-refractivity contribution in [3.8, 4) is 0 Å². The van der Waals surface area contributed by atoms with E-state index in [1.807, 2.05) is 6.92 Å². The minimum absolute atomic E-state index is 0.0616. The standard InChI is InChI=1S/C13H22O2/c1-3-12(2)8-4-6-10-14-13-9-5-7-11-15-13/h3-4,8,12-13H,1,5-7,9-11H2,2H3/b8-4-/i4D,8D. The molecule has 0 aliphatic carbocycles. The zero-order chi connectivity index (χ0) is 12.7. The predicted octanol–water partition coefficient (Wildman–Crippen LogP) is 3.30. The van der Waals surface area contributed by atoms with E-state index in [2.05, 4.69) is 6.58 Å². The number of rotatable bonds is 6. The lowest BCUT2D eigenvalue weighted by Crippen LogP contribution is -2.22. The summed E-state index contributed by atoms with van der Waals surface area (Å²) < 4.78 is 26.5. The summed E-state index contributed by atoms with van der Waals surface area (Å²) in [6.45, 7) is 6.72. The molecule has 0 bridgehead atoms. The Labute approximate surface area is 95.8 Å². The van der Waals surface area contributed by atoms with Crippen LogP contribution in [0.1, 0.15) is 35.3 Å². The molecule has 0 aromatic rings. The number of ether oxygens (including phenoxy) is 2. The second kappa shape index (κ2) is 7.66. The van der Waals surface area contributed by atoms with Crippen molar-refractivity contribution in [2.75, 3.05) is 13.2 Å². The van der Waals surface area contributed by atoms with E-state index in [1.165, 1.54) is 0 Å². The summed E-state index contributed by atoms with van der Waals surface area (Å²) in [6, 6.07) is 0.654. The Morgan fingerprint density at radius 3 is 3.20 bits per heavy atom. The fourth-order valence-electron chi connectivity index (χ4n) is 1.38. The molecule has 0 aromatic heterocycles. The number of allylic oxidation sites excluding steroid dienone is 2. The average molecular weight is 212 g/mol. The number of hydrogen-bond acceptors (Lipinski definition) is 2. The first-order chi connectivity index (χ1) is 8.15. The summed E-state index contributed by atoms with van der Waals surface area (Å²) in [5.74, 6) is -0.0616. The van der Waals surface area contributed by atoms with Crippen LogP contribution in [0.4, 0.5) is 0 Å². The summed E-state index contributed by atoms with van der Waals surface area (Å²) in [5.41, 5.74) is 0. The molecule has 1 heterocycles. The smallest absolute Gasteiger partial charge is 0.157 e. The van der Waals surface area contributed by atoms with Gasteiger partial charge in [0.2, 0.25) is 0 Å². The van der Waals surface area contributed by atoms with Crippen LogP contribution in [0.2, 0.25) is 0 Å². The van der Waals surface area contributed by atoms with Gasteiger partial charge >= 0.3 is 0 Å². The van der Waals surface area contributed by atoms with Gasteiger partial charge < -0.3 is 9.47 Å². The highest BCUT2D eigenvalue weighted by atomic mass is 16.7. The maximum Gasteiger partial charge on any atom is 0.157 e. The Balaban J connectivity index is 2.27. The molecule has 1 aliphatic heterocycles. The molecule has 1 saturated heterocycles. The van der Waals surface area contributed by atoms with Crippen LogP contribution in [0.5, 0.6) is 0 Å². The van der Waals surface area contributed by atoms with Gasteiger partial charge in [0.05, 0.1) is 9.35 Å². The van der Waals surface area contributed by atoms with Crippen LogP contribution in [0.15, 0.2) is 24.8 Å². The van der Waals surface area contributed by atoms with Gasteiger partial charge in [-0.3, -0.25) is 0 Å². The first-order valence-electron chi connectivity index (χ1n) is 6.67. The lowest BCUT2D eigenvalue weighted by Gasteiger charge is -2.22. The quantitative estimate of drug-likeness (QED) is 0.629. The molecule has 0 radical (unpaired) electrons. The summed E-state index contributed by atoms with van der Waals surface area (Å²) in [6.07, 6.45) is 5.23. The summed E-state index contributed by atoms with van der Waals surface area (Å²) in [4.78, 5) is 0. The van der Waals surface area contributed by atoms with E-state index in [1.54, 1.807) is 6.08 Å². The van der Waals surface area contributed by atoms with Crippen molar-refractivity contribution < 1.29 is 12.2 Å². The van der Waals surface area contributed by atoms with E-state index in [-0.39, 0.29) is 12.2 Å². The molecule has 2 unspecified atom stereocenters. The largest absolute Gasteiger partial charge is 0.353 e. The highest BCUT2D eigenvalue weighted by Crippen LogP contribution is 2.13. The first kappa shape index (κ1) is 9.61. The van der Waals surface area contributed by atoms with E-state index in [0.717, 1.165) is 25.9 Å². The fraction of sp³-hybridized carbons (Fsp3) is 0.692. The monoisotopic (exact) mass is 212 g/mol. The topological polar surface area (TPSA) is 18.5 Å². The second-order valence-electron chi connectivity index (χ2n) is 3.76. The SMILES string of the molecule is [2H]/C(CCOC1CCCCO1)=C(\[2H])C(C)C=C. The van der Waals surface area contributed by atoms with Gasteiger partial charge in [-0.15, -0.1) is 6.58 Å². The highest BCUT2D eigenvalue weighted by molar-refractivity contribution is 4.94. The average Bonchev–Trinajstić information content (AvgIpc) is 2.38. The highest BCUT2D eigenvalue weighted by Gasteiger charge is 2.12. The van der Waals surface area contributed by atoms with Crippen molar-refractivity contribution in [3.05, 3.63) is 24.8 Å². The predicted molar refractivity (Wildman–Crippen MR) is 62.7 cm³/mol. The van der Waals surface area contributed by atoms with E-state index < -0.39 is 0 Å². The molecule has 86 valence electrons. The number of hydrogen-bond donors (Lipinski definition) is 0. The Kier molecular flexibility index (Phi) is 4.91. The van der Waals surface area contributed by atoms with E-state index in [4.69, 9.17) is 12.2 Å². The van der Waals surface area contributed by atoms with Crippen molar-refractivity contribution in [1.29, 1.82) is 0 Å². The molecule has 1 aliphatic rings. The van der Waals surface area contributed by atoms with Crippen LogP contribution in [-0.4, -0.2) is 19.5 Å². The summed E-state index contributed by atoms with van der Waals surface area (Å²) >= 11 is 0. The Bertz CT molecular complexity index is 271. The minimum Gasteiger partial charge on any atom is -0.353 e. The lowest BCUT2D eigenvalue weighted by molar-refractivity contribution is -0.161. The summed E-state index contributed by atoms with van der Waals surface area (Å²) in [7, 11) is 0. The van der Waals surface area contributed by atoms with Crippen LogP contribution in [-0.2, 0) is 9.47 Å². The second-order valence-corrected chi connectivity index (χ2v) is 3.76. The Morgan fingerprint density at radius 1 is 1.67 bits per heavy atom. The van der Waals surface area contributed by atoms with Gasteiger partial charge in [0, 0.05) is 6.61 Å². The molecule has 0 spiro atoms. The van der Waals surface area contributed by atoms with Gasteiger partial charge in [0.25, 0.3) is 0 Å². The molecule has 0 N–H and O–H groups in total. The van der Waals surface area contributed by atoms with Crippen molar-refractivity contribution in [2.24, 2.45) is 5.92 Å². The third kappa shape index (κ3) is 5.75. The van der Waals surface area contributed by atoms with Crippen LogP contribution in [0, 0.1) is 5.92 Å². The van der Waals surface area contributed by atoms with Gasteiger partial charge in [0.1, 0.15) is 0 Å². The first-order valence-corrected chi connectivity index (χ1v) is 5.67. The molecule has 0 saturated carbocycles. The molecule has 2 atom stereocenters. The lowest BCUT2D eigenvalue weighted by atomic mass is 10.1. The van der Waals surface area contributed by atoms with Crippen molar-refractivity contribution in [1.82, 2.24) is 0 Å². The van der Waals surface area contributed by atoms with Gasteiger partial charge in [0.15, 0.2) is 6.29 Å². The van der Waals surface area contributed by atoms with Gasteiger partial charge in [-0.05, 0) is 31.6 Å². The van der Waals surface area contributed by atoms with Crippen molar-refractivity contribution in [3.63, 3.8) is 0 Å². The fourth-order valence-corrected chi connectivity index (χ4v) is 1.38. The Hall–Kier alpha value is -0.600. The van der Waals surface area contributed by atoms with Crippen LogP contribution < -0.4 is 0 Å². The molecule has 2 heteroatoms. The summed E-state index contributed by atoms with van der Waals surface area (Å²) in [5, 5.41) is 0. The van der Waals surface area contributed by atoms with Gasteiger partial charge in [-0.1, -0.05) is 25.1 Å². The maximum atomic E-state index is 7.75. The zero-order valence-corrected chi connectivity index (χ0v) is 9.50. The molecule has 0 amide bonds. The molecule has 1 fully saturated rings. The molecule has 1 rings (SSSR count). The molecule has 2 nitrogen and oxygen atoms in total.